The highest BCUT2D eigenvalue weighted by Crippen LogP contribution is 2.39. The number of hydrogen-bond donors (Lipinski definition) is 1. The van der Waals surface area contributed by atoms with Crippen LogP contribution in [0.4, 0.5) is 0 Å². The molecule has 4 heteroatoms. The highest BCUT2D eigenvalue weighted by molar-refractivity contribution is 5.80. The van der Waals surface area contributed by atoms with E-state index in [0.717, 1.165) is 18.4 Å². The molecule has 1 aliphatic carbocycles. The molecule has 0 spiro atoms. The summed E-state index contributed by atoms with van der Waals surface area (Å²) >= 11 is 0. The quantitative estimate of drug-likeness (QED) is 0.805. The van der Waals surface area contributed by atoms with Gasteiger partial charge in [0.15, 0.2) is 5.60 Å². The van der Waals surface area contributed by atoms with E-state index in [4.69, 9.17) is 4.74 Å². The monoisotopic (exact) mass is 353 g/mol. The molecule has 2 aromatic carbocycles. The van der Waals surface area contributed by atoms with Gasteiger partial charge in [0.25, 0.3) is 0 Å². The smallest absolute Gasteiger partial charge is 0.339 e. The molecular formula is C22H27NO3. The molecule has 1 saturated carbocycles. The first kappa shape index (κ1) is 18.6. The number of rotatable bonds is 6. The third kappa shape index (κ3) is 3.67. The summed E-state index contributed by atoms with van der Waals surface area (Å²) in [6, 6.07) is 20.2. The Morgan fingerprint density at radius 2 is 1.81 bits per heavy atom. The Kier molecular flexibility index (Phi) is 5.74. The number of nitrogens with zero attached hydrogens (tertiary/aromatic N) is 1. The number of carbonyl (C=O) groups excluding carboxylic acids is 1. The lowest BCUT2D eigenvalue weighted by Gasteiger charge is -2.40. The summed E-state index contributed by atoms with van der Waals surface area (Å²) in [5.41, 5.74) is 0.879. The Balaban J connectivity index is 1.96. The first-order valence-electron chi connectivity index (χ1n) is 9.21. The third-order valence-corrected chi connectivity index (χ3v) is 5.51. The van der Waals surface area contributed by atoms with Gasteiger partial charge in [-0.2, -0.15) is 0 Å². The molecule has 1 N–H and O–H groups in total. The van der Waals surface area contributed by atoms with Crippen LogP contribution in [0.5, 0.6) is 0 Å². The van der Waals surface area contributed by atoms with E-state index >= 15 is 0 Å². The molecule has 0 amide bonds. The second kappa shape index (κ2) is 8.02. The number of benzene rings is 2. The van der Waals surface area contributed by atoms with Crippen LogP contribution in [0.3, 0.4) is 0 Å². The minimum atomic E-state index is -1.45. The zero-order valence-corrected chi connectivity index (χ0v) is 15.5. The number of esters is 1. The fourth-order valence-electron chi connectivity index (χ4n) is 4.06. The molecule has 0 aromatic heterocycles. The average Bonchev–Trinajstić information content (AvgIpc) is 3.09. The fraction of sp³-hybridized carbons (Fsp3) is 0.409. The number of hydrogen-bond acceptors (Lipinski definition) is 4. The van der Waals surface area contributed by atoms with E-state index in [-0.39, 0.29) is 12.1 Å². The third-order valence-electron chi connectivity index (χ3n) is 5.51. The Labute approximate surface area is 155 Å². The lowest BCUT2D eigenvalue weighted by Crippen LogP contribution is -2.54. The fourth-order valence-corrected chi connectivity index (χ4v) is 4.06. The van der Waals surface area contributed by atoms with E-state index in [1.54, 1.807) is 0 Å². The highest BCUT2D eigenvalue weighted by atomic mass is 16.5. The Bertz CT molecular complexity index is 719. The first-order chi connectivity index (χ1) is 12.6. The molecule has 0 bridgehead atoms. The molecule has 0 aliphatic heterocycles. The predicted molar refractivity (Wildman–Crippen MR) is 101 cm³/mol. The van der Waals surface area contributed by atoms with E-state index < -0.39 is 11.6 Å². The van der Waals surface area contributed by atoms with Crippen molar-refractivity contribution < 1.29 is 14.6 Å². The standard InChI is InChI=1S/C22H27NO3/c1-17(19-12-7-4-8-13-19)23(16-18-10-5-3-6-11-18)20-14-9-15-22(20,25)21(24)26-2/h3-8,10-13,17,20,25H,9,14-16H2,1-2H3/t17-,20-,22-/m1/s1. The molecule has 26 heavy (non-hydrogen) atoms. The van der Waals surface area contributed by atoms with Crippen LogP contribution >= 0.6 is 0 Å². The molecule has 0 saturated heterocycles. The van der Waals surface area contributed by atoms with Crippen LogP contribution in [0.25, 0.3) is 0 Å². The number of carbonyl (C=O) groups is 1. The molecule has 3 atom stereocenters. The molecule has 4 nitrogen and oxygen atoms in total. The van der Waals surface area contributed by atoms with Crippen LogP contribution in [0.1, 0.15) is 43.4 Å². The van der Waals surface area contributed by atoms with Gasteiger partial charge in [-0.3, -0.25) is 4.90 Å². The molecular weight excluding hydrogens is 326 g/mol. The van der Waals surface area contributed by atoms with Gasteiger partial charge < -0.3 is 9.84 Å². The zero-order valence-electron chi connectivity index (χ0n) is 15.5. The topological polar surface area (TPSA) is 49.8 Å². The Hall–Kier alpha value is -2.17. The minimum Gasteiger partial charge on any atom is -0.467 e. The van der Waals surface area contributed by atoms with Crippen molar-refractivity contribution in [2.75, 3.05) is 7.11 Å². The minimum absolute atomic E-state index is 0.0655. The van der Waals surface area contributed by atoms with Gasteiger partial charge in [0.1, 0.15) is 0 Å². The van der Waals surface area contributed by atoms with Crippen LogP contribution in [0.15, 0.2) is 60.7 Å². The maximum Gasteiger partial charge on any atom is 0.339 e. The summed E-state index contributed by atoms with van der Waals surface area (Å²) in [4.78, 5) is 14.6. The van der Waals surface area contributed by atoms with E-state index in [0.29, 0.717) is 13.0 Å². The van der Waals surface area contributed by atoms with Crippen molar-refractivity contribution in [2.24, 2.45) is 0 Å². The maximum absolute atomic E-state index is 12.4. The van der Waals surface area contributed by atoms with Gasteiger partial charge in [-0.15, -0.1) is 0 Å². The number of methoxy groups -OCH3 is 1. The van der Waals surface area contributed by atoms with Crippen molar-refractivity contribution in [1.29, 1.82) is 0 Å². The van der Waals surface area contributed by atoms with Gasteiger partial charge in [-0.25, -0.2) is 4.79 Å². The van der Waals surface area contributed by atoms with Gasteiger partial charge >= 0.3 is 5.97 Å². The van der Waals surface area contributed by atoms with Crippen LogP contribution in [0.2, 0.25) is 0 Å². The summed E-state index contributed by atoms with van der Waals surface area (Å²) in [5, 5.41) is 11.1. The van der Waals surface area contributed by atoms with Crippen molar-refractivity contribution in [3.05, 3.63) is 71.8 Å². The SMILES string of the molecule is COC(=O)[C@@]1(O)CCC[C@H]1N(Cc1ccccc1)[C@H](C)c1ccccc1. The molecule has 0 unspecified atom stereocenters. The Morgan fingerprint density at radius 3 is 2.42 bits per heavy atom. The average molecular weight is 353 g/mol. The largest absolute Gasteiger partial charge is 0.467 e. The number of ether oxygens (including phenoxy) is 1. The molecule has 2 aromatic rings. The van der Waals surface area contributed by atoms with Gasteiger partial charge in [0.05, 0.1) is 13.2 Å². The Morgan fingerprint density at radius 1 is 1.19 bits per heavy atom. The van der Waals surface area contributed by atoms with E-state index in [2.05, 4.69) is 36.1 Å². The van der Waals surface area contributed by atoms with Crippen molar-refractivity contribution in [3.63, 3.8) is 0 Å². The summed E-state index contributed by atoms with van der Waals surface area (Å²) in [6.45, 7) is 2.80. The van der Waals surface area contributed by atoms with Crippen molar-refractivity contribution in [1.82, 2.24) is 4.90 Å². The van der Waals surface area contributed by atoms with E-state index in [1.807, 2.05) is 36.4 Å². The van der Waals surface area contributed by atoms with Crippen molar-refractivity contribution in [2.45, 2.75) is 50.4 Å². The second-order valence-electron chi connectivity index (χ2n) is 7.07. The molecule has 0 heterocycles. The summed E-state index contributed by atoms with van der Waals surface area (Å²) in [7, 11) is 1.35. The molecule has 1 aliphatic rings. The molecule has 3 rings (SSSR count). The highest BCUT2D eigenvalue weighted by Gasteiger charge is 2.51. The van der Waals surface area contributed by atoms with Gasteiger partial charge in [-0.05, 0) is 37.3 Å². The normalized spacial score (nSPS) is 23.8. The van der Waals surface area contributed by atoms with Gasteiger partial charge in [0, 0.05) is 12.6 Å². The van der Waals surface area contributed by atoms with Crippen molar-refractivity contribution >= 4 is 5.97 Å². The van der Waals surface area contributed by atoms with Gasteiger partial charge in [-0.1, -0.05) is 60.7 Å². The number of aliphatic hydroxyl groups is 1. The van der Waals surface area contributed by atoms with Crippen LogP contribution in [-0.2, 0) is 16.1 Å². The predicted octanol–water partition coefficient (Wildman–Crippen LogP) is 3.71. The van der Waals surface area contributed by atoms with Gasteiger partial charge in [0.2, 0.25) is 0 Å². The van der Waals surface area contributed by atoms with E-state index in [9.17, 15) is 9.90 Å². The van der Waals surface area contributed by atoms with Crippen LogP contribution in [-0.4, -0.2) is 34.7 Å². The van der Waals surface area contributed by atoms with Crippen molar-refractivity contribution in [3.8, 4) is 0 Å². The zero-order chi connectivity index (χ0) is 18.6. The lowest BCUT2D eigenvalue weighted by molar-refractivity contribution is -0.169. The van der Waals surface area contributed by atoms with Crippen LogP contribution in [0, 0.1) is 0 Å². The second-order valence-corrected chi connectivity index (χ2v) is 7.07. The summed E-state index contributed by atoms with van der Waals surface area (Å²) < 4.78 is 4.94. The first-order valence-corrected chi connectivity index (χ1v) is 9.21. The lowest BCUT2D eigenvalue weighted by atomic mass is 9.93. The molecule has 0 radical (unpaired) electrons. The summed E-state index contributed by atoms with van der Waals surface area (Å²) in [5.74, 6) is -0.529. The summed E-state index contributed by atoms with van der Waals surface area (Å²) in [6.07, 6.45) is 2.02. The maximum atomic E-state index is 12.4. The van der Waals surface area contributed by atoms with E-state index in [1.165, 1.54) is 12.7 Å². The van der Waals surface area contributed by atoms with Crippen LogP contribution < -0.4 is 0 Å². The molecule has 1 fully saturated rings. The molecule has 138 valence electrons.